The standard InChI is InChI=1S/C17H24ClNO2/c1-12(14-5-2-3-6-14)19-11-13-9-15(18)17-16(10-13)20-7-4-8-21-17/h9-10,12,14,19H,2-8,11H2,1H3. The Morgan fingerprint density at radius 1 is 1.19 bits per heavy atom. The first kappa shape index (κ1) is 15.0. The molecule has 1 N–H and O–H groups in total. The number of hydrogen-bond donors (Lipinski definition) is 1. The van der Waals surface area contributed by atoms with Gasteiger partial charge < -0.3 is 14.8 Å². The molecule has 0 bridgehead atoms. The normalized spacial score (nSPS) is 20.3. The van der Waals surface area contributed by atoms with E-state index in [1.165, 1.54) is 25.7 Å². The molecule has 4 heteroatoms. The zero-order chi connectivity index (χ0) is 14.7. The Labute approximate surface area is 132 Å². The van der Waals surface area contributed by atoms with Gasteiger partial charge in [-0.3, -0.25) is 0 Å². The van der Waals surface area contributed by atoms with E-state index >= 15 is 0 Å². The molecule has 1 aromatic rings. The maximum atomic E-state index is 6.33. The van der Waals surface area contributed by atoms with E-state index in [-0.39, 0.29) is 0 Å². The molecule has 21 heavy (non-hydrogen) atoms. The lowest BCUT2D eigenvalue weighted by Crippen LogP contribution is -2.31. The predicted octanol–water partition coefficient (Wildman–Crippen LogP) is 4.17. The zero-order valence-corrected chi connectivity index (χ0v) is 13.4. The molecule has 1 unspecified atom stereocenters. The molecular formula is C17H24ClNO2. The van der Waals surface area contributed by atoms with E-state index in [1.54, 1.807) is 0 Å². The largest absolute Gasteiger partial charge is 0.489 e. The Morgan fingerprint density at radius 3 is 2.76 bits per heavy atom. The molecule has 1 saturated carbocycles. The van der Waals surface area contributed by atoms with E-state index in [0.29, 0.717) is 30.0 Å². The van der Waals surface area contributed by atoms with Gasteiger partial charge >= 0.3 is 0 Å². The molecule has 0 spiro atoms. The van der Waals surface area contributed by atoms with E-state index in [2.05, 4.69) is 18.3 Å². The van der Waals surface area contributed by atoms with Crippen molar-refractivity contribution in [2.45, 2.75) is 51.6 Å². The molecule has 1 aliphatic heterocycles. The van der Waals surface area contributed by atoms with Gasteiger partial charge in [0.1, 0.15) is 0 Å². The van der Waals surface area contributed by atoms with Crippen LogP contribution in [0.4, 0.5) is 0 Å². The summed E-state index contributed by atoms with van der Waals surface area (Å²) in [6.07, 6.45) is 6.38. The third-order valence-electron chi connectivity index (χ3n) is 4.60. The van der Waals surface area contributed by atoms with Gasteiger partial charge in [-0.1, -0.05) is 24.4 Å². The molecule has 0 saturated heterocycles. The molecular weight excluding hydrogens is 286 g/mol. The summed E-state index contributed by atoms with van der Waals surface area (Å²) in [5.41, 5.74) is 1.16. The van der Waals surface area contributed by atoms with Crippen molar-refractivity contribution in [3.63, 3.8) is 0 Å². The number of rotatable bonds is 4. The number of benzene rings is 1. The molecule has 1 aliphatic carbocycles. The van der Waals surface area contributed by atoms with Crippen molar-refractivity contribution >= 4 is 11.6 Å². The maximum Gasteiger partial charge on any atom is 0.179 e. The van der Waals surface area contributed by atoms with E-state index in [1.807, 2.05) is 6.07 Å². The molecule has 1 heterocycles. The smallest absolute Gasteiger partial charge is 0.179 e. The predicted molar refractivity (Wildman–Crippen MR) is 85.3 cm³/mol. The third kappa shape index (κ3) is 3.64. The van der Waals surface area contributed by atoms with Crippen LogP contribution in [0.3, 0.4) is 0 Å². The van der Waals surface area contributed by atoms with Crippen LogP contribution in [0.25, 0.3) is 0 Å². The Bertz CT molecular complexity index is 486. The Morgan fingerprint density at radius 2 is 1.95 bits per heavy atom. The minimum absolute atomic E-state index is 0.558. The molecule has 3 rings (SSSR count). The van der Waals surface area contributed by atoms with Gasteiger partial charge in [-0.25, -0.2) is 0 Å². The van der Waals surface area contributed by atoms with Gasteiger partial charge in [0.25, 0.3) is 0 Å². The Balaban J connectivity index is 1.65. The minimum Gasteiger partial charge on any atom is -0.489 e. The lowest BCUT2D eigenvalue weighted by Gasteiger charge is -2.21. The number of fused-ring (bicyclic) bond motifs is 1. The fraction of sp³-hybridized carbons (Fsp3) is 0.647. The highest BCUT2D eigenvalue weighted by molar-refractivity contribution is 6.32. The molecule has 1 atom stereocenters. The first-order valence-electron chi connectivity index (χ1n) is 8.05. The quantitative estimate of drug-likeness (QED) is 0.905. The minimum atomic E-state index is 0.558. The third-order valence-corrected chi connectivity index (χ3v) is 4.88. The summed E-state index contributed by atoms with van der Waals surface area (Å²) < 4.78 is 11.4. The highest BCUT2D eigenvalue weighted by Crippen LogP contribution is 2.38. The highest BCUT2D eigenvalue weighted by Gasteiger charge is 2.21. The van der Waals surface area contributed by atoms with Gasteiger partial charge in [0.2, 0.25) is 0 Å². The summed E-state index contributed by atoms with van der Waals surface area (Å²) in [6.45, 7) is 4.48. The number of ether oxygens (including phenoxy) is 2. The molecule has 2 aliphatic rings. The van der Waals surface area contributed by atoms with Crippen molar-refractivity contribution in [1.82, 2.24) is 5.32 Å². The zero-order valence-electron chi connectivity index (χ0n) is 12.7. The summed E-state index contributed by atoms with van der Waals surface area (Å²) in [6, 6.07) is 4.60. The van der Waals surface area contributed by atoms with E-state index in [9.17, 15) is 0 Å². The van der Waals surface area contributed by atoms with Crippen molar-refractivity contribution in [3.05, 3.63) is 22.7 Å². The second kappa shape index (κ2) is 6.89. The van der Waals surface area contributed by atoms with Gasteiger partial charge in [-0.2, -0.15) is 0 Å². The summed E-state index contributed by atoms with van der Waals surface area (Å²) >= 11 is 6.33. The number of hydrogen-bond acceptors (Lipinski definition) is 3. The topological polar surface area (TPSA) is 30.5 Å². The average Bonchev–Trinajstić information content (AvgIpc) is 2.91. The number of nitrogens with one attached hydrogen (secondary N) is 1. The van der Waals surface area contributed by atoms with Crippen LogP contribution in [0.2, 0.25) is 5.02 Å². The van der Waals surface area contributed by atoms with Crippen LogP contribution in [0.15, 0.2) is 12.1 Å². The van der Waals surface area contributed by atoms with Crippen LogP contribution in [0, 0.1) is 5.92 Å². The van der Waals surface area contributed by atoms with Gasteiger partial charge in [-0.15, -0.1) is 0 Å². The lowest BCUT2D eigenvalue weighted by molar-refractivity contribution is 0.297. The second-order valence-electron chi connectivity index (χ2n) is 6.17. The van der Waals surface area contributed by atoms with Gasteiger partial charge in [0.15, 0.2) is 11.5 Å². The summed E-state index contributed by atoms with van der Waals surface area (Å²) in [7, 11) is 0. The first-order chi connectivity index (χ1) is 10.2. The van der Waals surface area contributed by atoms with Crippen molar-refractivity contribution in [1.29, 1.82) is 0 Å². The molecule has 0 radical (unpaired) electrons. The summed E-state index contributed by atoms with van der Waals surface area (Å²) in [5.74, 6) is 2.30. The van der Waals surface area contributed by atoms with Crippen LogP contribution in [-0.4, -0.2) is 19.3 Å². The molecule has 0 aromatic heterocycles. The molecule has 116 valence electrons. The average molecular weight is 310 g/mol. The fourth-order valence-corrected chi connectivity index (χ4v) is 3.58. The monoisotopic (exact) mass is 309 g/mol. The summed E-state index contributed by atoms with van der Waals surface area (Å²) in [5, 5.41) is 4.29. The van der Waals surface area contributed by atoms with E-state index in [4.69, 9.17) is 21.1 Å². The Hall–Kier alpha value is -0.930. The van der Waals surface area contributed by atoms with Crippen molar-refractivity contribution in [3.8, 4) is 11.5 Å². The van der Waals surface area contributed by atoms with Gasteiger partial charge in [0, 0.05) is 19.0 Å². The number of halogens is 1. The maximum absolute atomic E-state index is 6.33. The first-order valence-corrected chi connectivity index (χ1v) is 8.43. The van der Waals surface area contributed by atoms with Gasteiger partial charge in [0.05, 0.1) is 18.2 Å². The Kier molecular flexibility index (Phi) is 4.91. The molecule has 1 aromatic carbocycles. The van der Waals surface area contributed by atoms with Crippen LogP contribution in [0.1, 0.15) is 44.6 Å². The molecule has 0 amide bonds. The lowest BCUT2D eigenvalue weighted by atomic mass is 9.99. The fourth-order valence-electron chi connectivity index (χ4n) is 3.29. The van der Waals surface area contributed by atoms with Crippen LogP contribution in [0.5, 0.6) is 11.5 Å². The van der Waals surface area contributed by atoms with E-state index in [0.717, 1.165) is 30.2 Å². The SMILES string of the molecule is CC(NCc1cc(Cl)c2c(c1)OCCCO2)C1CCCC1. The van der Waals surface area contributed by atoms with Crippen LogP contribution < -0.4 is 14.8 Å². The van der Waals surface area contributed by atoms with E-state index < -0.39 is 0 Å². The summed E-state index contributed by atoms with van der Waals surface area (Å²) in [4.78, 5) is 0. The molecule has 3 nitrogen and oxygen atoms in total. The van der Waals surface area contributed by atoms with Crippen molar-refractivity contribution < 1.29 is 9.47 Å². The van der Waals surface area contributed by atoms with Gasteiger partial charge in [-0.05, 0) is 43.4 Å². The van der Waals surface area contributed by atoms with Crippen LogP contribution in [-0.2, 0) is 6.54 Å². The van der Waals surface area contributed by atoms with Crippen molar-refractivity contribution in [2.75, 3.05) is 13.2 Å². The molecule has 1 fully saturated rings. The highest BCUT2D eigenvalue weighted by atomic mass is 35.5. The van der Waals surface area contributed by atoms with Crippen LogP contribution >= 0.6 is 11.6 Å². The second-order valence-corrected chi connectivity index (χ2v) is 6.58. The van der Waals surface area contributed by atoms with Crippen molar-refractivity contribution in [2.24, 2.45) is 5.92 Å².